The van der Waals surface area contributed by atoms with Gasteiger partial charge in [0, 0.05) is 0 Å². The van der Waals surface area contributed by atoms with Crippen LogP contribution in [0.2, 0.25) is 0 Å². The predicted octanol–water partition coefficient (Wildman–Crippen LogP) is 5.08. The molecule has 6 nitrogen and oxygen atoms in total. The Hall–Kier alpha value is -4.14. The Morgan fingerprint density at radius 2 is 1.62 bits per heavy atom. The molecule has 0 N–H and O–H groups in total. The van der Waals surface area contributed by atoms with Crippen LogP contribution in [-0.4, -0.2) is 30.8 Å². The lowest BCUT2D eigenvalue weighted by molar-refractivity contribution is -0.154. The lowest BCUT2D eigenvalue weighted by atomic mass is 10.2. The van der Waals surface area contributed by atoms with E-state index in [9.17, 15) is 22.8 Å². The van der Waals surface area contributed by atoms with Crippen LogP contribution in [0.5, 0.6) is 5.75 Å². The highest BCUT2D eigenvalue weighted by atomic mass is 19.4. The molecule has 0 aromatic heterocycles. The van der Waals surface area contributed by atoms with Crippen molar-refractivity contribution in [3.8, 4) is 5.75 Å². The van der Waals surface area contributed by atoms with Crippen LogP contribution in [-0.2, 0) is 20.5 Å². The van der Waals surface area contributed by atoms with E-state index in [1.807, 2.05) is 0 Å². The number of halogens is 3. The lowest BCUT2D eigenvalue weighted by Crippen LogP contribution is -2.34. The molecule has 0 aliphatic rings. The zero-order valence-electron chi connectivity index (χ0n) is 18.1. The monoisotopic (exact) mass is 470 g/mol. The summed E-state index contributed by atoms with van der Waals surface area (Å²) < 4.78 is 50.0. The standard InChI is InChI=1S/C25H21F3N2O4/c1-18(34-22-13-6-3-7-14-22)24(32)33-17-23(31)30(29-16-19-9-4-2-5-10-19)21-12-8-11-20(15-21)25(26,27)28/h2-16,18H,17H2,1H3/b29-16-/t18-/m1/s1. The van der Waals surface area contributed by atoms with Crippen LogP contribution < -0.4 is 9.75 Å². The van der Waals surface area contributed by atoms with E-state index >= 15 is 0 Å². The third kappa shape index (κ3) is 6.93. The number of alkyl halides is 3. The zero-order valence-corrected chi connectivity index (χ0v) is 18.1. The summed E-state index contributed by atoms with van der Waals surface area (Å²) in [5, 5.41) is 4.81. The lowest BCUT2D eigenvalue weighted by Gasteiger charge is -2.19. The van der Waals surface area contributed by atoms with Gasteiger partial charge in [-0.15, -0.1) is 0 Å². The van der Waals surface area contributed by atoms with Crippen molar-refractivity contribution < 1.29 is 32.2 Å². The zero-order chi connectivity index (χ0) is 24.6. The number of esters is 1. The molecule has 0 aliphatic heterocycles. The quantitative estimate of drug-likeness (QED) is 0.262. The van der Waals surface area contributed by atoms with Crippen molar-refractivity contribution in [3.63, 3.8) is 0 Å². The van der Waals surface area contributed by atoms with Crippen molar-refractivity contribution in [3.05, 3.63) is 96.1 Å². The Morgan fingerprint density at radius 3 is 2.26 bits per heavy atom. The van der Waals surface area contributed by atoms with Crippen molar-refractivity contribution in [2.45, 2.75) is 19.2 Å². The first-order valence-electron chi connectivity index (χ1n) is 10.2. The van der Waals surface area contributed by atoms with E-state index in [0.29, 0.717) is 11.3 Å². The van der Waals surface area contributed by atoms with Gasteiger partial charge >= 0.3 is 12.1 Å². The highest BCUT2D eigenvalue weighted by Crippen LogP contribution is 2.31. The molecular formula is C25H21F3N2O4. The average Bonchev–Trinajstić information content (AvgIpc) is 2.83. The highest BCUT2D eigenvalue weighted by molar-refractivity contribution is 5.97. The number of para-hydroxylation sites is 1. The first-order valence-corrected chi connectivity index (χ1v) is 10.2. The maximum Gasteiger partial charge on any atom is 0.416 e. The summed E-state index contributed by atoms with van der Waals surface area (Å²) in [4.78, 5) is 25.1. The number of ether oxygens (including phenoxy) is 2. The number of anilines is 1. The Kier molecular flexibility index (Phi) is 8.02. The second-order valence-corrected chi connectivity index (χ2v) is 7.09. The minimum Gasteiger partial charge on any atom is -0.479 e. The summed E-state index contributed by atoms with van der Waals surface area (Å²) in [6, 6.07) is 21.4. The van der Waals surface area contributed by atoms with Crippen molar-refractivity contribution in [2.75, 3.05) is 11.6 Å². The largest absolute Gasteiger partial charge is 0.479 e. The molecule has 176 valence electrons. The molecule has 0 unspecified atom stereocenters. The van der Waals surface area contributed by atoms with Gasteiger partial charge in [0.05, 0.1) is 17.5 Å². The molecule has 0 saturated carbocycles. The van der Waals surface area contributed by atoms with E-state index in [-0.39, 0.29) is 5.69 Å². The van der Waals surface area contributed by atoms with Crippen LogP contribution in [0.4, 0.5) is 18.9 Å². The van der Waals surface area contributed by atoms with Gasteiger partial charge in [-0.05, 0) is 42.8 Å². The molecule has 3 aromatic carbocycles. The SMILES string of the molecule is C[C@@H](Oc1ccccc1)C(=O)OCC(=O)N(/N=C\c1ccccc1)c1cccc(C(F)(F)F)c1. The Labute approximate surface area is 194 Å². The van der Waals surface area contributed by atoms with Crippen molar-refractivity contribution in [2.24, 2.45) is 5.10 Å². The fourth-order valence-corrected chi connectivity index (χ4v) is 2.82. The number of nitrogens with zero attached hydrogens (tertiary/aromatic N) is 2. The topological polar surface area (TPSA) is 68.2 Å². The molecule has 0 radical (unpaired) electrons. The van der Waals surface area contributed by atoms with Gasteiger partial charge < -0.3 is 9.47 Å². The molecule has 1 atom stereocenters. The van der Waals surface area contributed by atoms with E-state index in [4.69, 9.17) is 9.47 Å². The second-order valence-electron chi connectivity index (χ2n) is 7.09. The maximum absolute atomic E-state index is 13.2. The van der Waals surface area contributed by atoms with Gasteiger partial charge in [0.2, 0.25) is 0 Å². The number of rotatable bonds is 8. The normalized spacial score (nSPS) is 12.2. The van der Waals surface area contributed by atoms with Crippen LogP contribution in [0.3, 0.4) is 0 Å². The summed E-state index contributed by atoms with van der Waals surface area (Å²) in [5.74, 6) is -1.21. The van der Waals surface area contributed by atoms with Gasteiger partial charge in [0.25, 0.3) is 5.91 Å². The van der Waals surface area contributed by atoms with Crippen LogP contribution in [0.1, 0.15) is 18.1 Å². The van der Waals surface area contributed by atoms with Crippen LogP contribution in [0.15, 0.2) is 90.0 Å². The molecule has 0 fully saturated rings. The number of benzene rings is 3. The second kappa shape index (κ2) is 11.1. The number of hydrazone groups is 1. The van der Waals surface area contributed by atoms with Gasteiger partial charge in [0.15, 0.2) is 12.7 Å². The molecule has 3 rings (SSSR count). The first-order chi connectivity index (χ1) is 16.2. The van der Waals surface area contributed by atoms with E-state index < -0.39 is 36.3 Å². The Morgan fingerprint density at radius 1 is 0.971 bits per heavy atom. The van der Waals surface area contributed by atoms with Crippen molar-refractivity contribution in [1.82, 2.24) is 0 Å². The van der Waals surface area contributed by atoms with Gasteiger partial charge in [-0.2, -0.15) is 23.3 Å². The van der Waals surface area contributed by atoms with Crippen LogP contribution >= 0.6 is 0 Å². The maximum atomic E-state index is 13.2. The van der Waals surface area contributed by atoms with E-state index in [2.05, 4.69) is 5.10 Å². The number of hydrogen-bond donors (Lipinski definition) is 0. The summed E-state index contributed by atoms with van der Waals surface area (Å²) >= 11 is 0. The van der Waals surface area contributed by atoms with Gasteiger partial charge in [-0.1, -0.05) is 54.6 Å². The van der Waals surface area contributed by atoms with Crippen molar-refractivity contribution >= 4 is 23.8 Å². The molecule has 0 heterocycles. The highest BCUT2D eigenvalue weighted by Gasteiger charge is 2.31. The van der Waals surface area contributed by atoms with E-state index in [1.54, 1.807) is 60.7 Å². The van der Waals surface area contributed by atoms with Crippen LogP contribution in [0.25, 0.3) is 0 Å². The number of carbonyl (C=O) groups is 2. The third-order valence-corrected chi connectivity index (χ3v) is 4.50. The Bertz CT molecular complexity index is 1140. The fraction of sp³-hybridized carbons (Fsp3) is 0.160. The molecule has 3 aromatic rings. The summed E-state index contributed by atoms with van der Waals surface area (Å²) in [6.45, 7) is 0.710. The first kappa shape index (κ1) is 24.5. The molecule has 0 bridgehead atoms. The molecule has 0 spiro atoms. The van der Waals surface area contributed by atoms with Gasteiger partial charge in [-0.3, -0.25) is 4.79 Å². The molecule has 9 heteroatoms. The average molecular weight is 470 g/mol. The number of amides is 1. The smallest absolute Gasteiger partial charge is 0.416 e. The number of hydrogen-bond acceptors (Lipinski definition) is 5. The molecule has 0 saturated heterocycles. The van der Waals surface area contributed by atoms with Crippen molar-refractivity contribution in [1.29, 1.82) is 0 Å². The Balaban J connectivity index is 1.75. The molecule has 0 aliphatic carbocycles. The molecule has 1 amide bonds. The predicted molar refractivity (Wildman–Crippen MR) is 120 cm³/mol. The molecular weight excluding hydrogens is 449 g/mol. The van der Waals surface area contributed by atoms with Gasteiger partial charge in [0.1, 0.15) is 5.75 Å². The minimum absolute atomic E-state index is 0.128. The fourth-order valence-electron chi connectivity index (χ4n) is 2.82. The summed E-state index contributed by atoms with van der Waals surface area (Å²) in [6.07, 6.45) is -4.30. The van der Waals surface area contributed by atoms with Gasteiger partial charge in [-0.25, -0.2) is 4.79 Å². The van der Waals surface area contributed by atoms with E-state index in [0.717, 1.165) is 23.2 Å². The number of carbonyl (C=O) groups excluding carboxylic acids is 2. The van der Waals surface area contributed by atoms with E-state index in [1.165, 1.54) is 19.2 Å². The minimum atomic E-state index is -4.61. The summed E-state index contributed by atoms with van der Waals surface area (Å²) in [7, 11) is 0. The molecule has 34 heavy (non-hydrogen) atoms. The van der Waals surface area contributed by atoms with Crippen LogP contribution in [0, 0.1) is 0 Å². The summed E-state index contributed by atoms with van der Waals surface area (Å²) in [5.41, 5.74) is -0.453. The third-order valence-electron chi connectivity index (χ3n) is 4.50.